The molecule has 1 aliphatic carbocycles. The first-order chi connectivity index (χ1) is 6.74. The molecule has 0 radical (unpaired) electrons. The lowest BCUT2D eigenvalue weighted by Gasteiger charge is -2.00. The summed E-state index contributed by atoms with van der Waals surface area (Å²) in [5.74, 6) is -0.214. The Balaban J connectivity index is 2.35. The van der Waals surface area contributed by atoms with Gasteiger partial charge in [0.15, 0.2) is 0 Å². The number of ether oxygens (including phenoxy) is 1. The van der Waals surface area contributed by atoms with Gasteiger partial charge in [0.2, 0.25) is 0 Å². The van der Waals surface area contributed by atoms with Crippen LogP contribution >= 0.6 is 22.6 Å². The molecular weight excluding hydrogens is 293 g/mol. The molecule has 0 fully saturated rings. The molecular formula is C10H12INO2. The average Bonchev–Trinajstić information content (AvgIpc) is 2.70. The van der Waals surface area contributed by atoms with Crippen molar-refractivity contribution in [3.63, 3.8) is 0 Å². The summed E-state index contributed by atoms with van der Waals surface area (Å²) in [6.07, 6.45) is 3.24. The molecule has 4 heteroatoms. The van der Waals surface area contributed by atoms with Crippen LogP contribution in [0.25, 0.3) is 0 Å². The van der Waals surface area contributed by atoms with E-state index < -0.39 is 0 Å². The lowest BCUT2D eigenvalue weighted by atomic mass is 10.2. The maximum Gasteiger partial charge on any atom is 0.355 e. The highest BCUT2D eigenvalue weighted by Crippen LogP contribution is 2.29. The lowest BCUT2D eigenvalue weighted by Crippen LogP contribution is -2.07. The zero-order valence-corrected chi connectivity index (χ0v) is 10.2. The van der Waals surface area contributed by atoms with E-state index in [4.69, 9.17) is 4.74 Å². The molecule has 0 spiro atoms. The van der Waals surface area contributed by atoms with Crippen molar-refractivity contribution in [3.05, 3.63) is 20.5 Å². The number of carbonyl (C=O) groups is 1. The second-order valence-corrected chi connectivity index (χ2v) is 4.42. The largest absolute Gasteiger partial charge is 0.461 e. The van der Waals surface area contributed by atoms with Gasteiger partial charge in [-0.3, -0.25) is 0 Å². The van der Waals surface area contributed by atoms with Crippen LogP contribution in [0.5, 0.6) is 0 Å². The first-order valence-corrected chi connectivity index (χ1v) is 5.88. The fourth-order valence-electron chi connectivity index (χ4n) is 1.90. The Morgan fingerprint density at radius 3 is 2.93 bits per heavy atom. The number of hydrogen-bond donors (Lipinski definition) is 1. The average molecular weight is 305 g/mol. The molecule has 0 amide bonds. The molecule has 0 saturated heterocycles. The predicted molar refractivity (Wildman–Crippen MR) is 61.5 cm³/mol. The number of aromatic amines is 1. The van der Waals surface area contributed by atoms with Crippen molar-refractivity contribution in [2.45, 2.75) is 26.2 Å². The number of esters is 1. The first-order valence-electron chi connectivity index (χ1n) is 4.80. The molecule has 2 rings (SSSR count). The van der Waals surface area contributed by atoms with Gasteiger partial charge in [0.25, 0.3) is 0 Å². The van der Waals surface area contributed by atoms with E-state index in [2.05, 4.69) is 27.6 Å². The Labute approximate surface area is 96.4 Å². The normalized spacial score (nSPS) is 14.1. The molecule has 14 heavy (non-hydrogen) atoms. The standard InChI is InChI=1S/C10H12INO2/c1-2-14-10(13)8-6-4-3-5-7(6)9(11)12-8/h12H,2-5H2,1H3. The molecule has 1 heterocycles. The SMILES string of the molecule is CCOC(=O)c1[nH]c(I)c2c1CCC2. The smallest absolute Gasteiger partial charge is 0.355 e. The highest BCUT2D eigenvalue weighted by atomic mass is 127. The van der Waals surface area contributed by atoms with Gasteiger partial charge >= 0.3 is 5.97 Å². The predicted octanol–water partition coefficient (Wildman–Crippen LogP) is 2.28. The quantitative estimate of drug-likeness (QED) is 0.673. The summed E-state index contributed by atoms with van der Waals surface area (Å²) in [4.78, 5) is 14.7. The van der Waals surface area contributed by atoms with Crippen molar-refractivity contribution >= 4 is 28.6 Å². The van der Waals surface area contributed by atoms with Gasteiger partial charge in [-0.1, -0.05) is 0 Å². The Hall–Kier alpha value is -0.520. The van der Waals surface area contributed by atoms with Crippen molar-refractivity contribution < 1.29 is 9.53 Å². The van der Waals surface area contributed by atoms with Gasteiger partial charge in [0, 0.05) is 0 Å². The number of rotatable bonds is 2. The topological polar surface area (TPSA) is 42.1 Å². The molecule has 0 bridgehead atoms. The minimum Gasteiger partial charge on any atom is -0.461 e. The van der Waals surface area contributed by atoms with Gasteiger partial charge in [-0.15, -0.1) is 0 Å². The molecule has 0 aromatic carbocycles. The maximum atomic E-state index is 11.6. The zero-order valence-electron chi connectivity index (χ0n) is 8.02. The number of aromatic nitrogens is 1. The van der Waals surface area contributed by atoms with Crippen LogP contribution in [0, 0.1) is 3.70 Å². The van der Waals surface area contributed by atoms with Crippen molar-refractivity contribution in [2.75, 3.05) is 6.61 Å². The van der Waals surface area contributed by atoms with Crippen LogP contribution in [-0.4, -0.2) is 17.6 Å². The zero-order chi connectivity index (χ0) is 10.1. The molecule has 1 aromatic rings. The molecule has 1 N–H and O–H groups in total. The van der Waals surface area contributed by atoms with E-state index >= 15 is 0 Å². The molecule has 3 nitrogen and oxygen atoms in total. The highest BCUT2D eigenvalue weighted by Gasteiger charge is 2.24. The third-order valence-corrected chi connectivity index (χ3v) is 3.42. The Kier molecular flexibility index (Phi) is 2.80. The molecule has 1 aromatic heterocycles. The van der Waals surface area contributed by atoms with Crippen LogP contribution in [0.15, 0.2) is 0 Å². The van der Waals surface area contributed by atoms with Crippen molar-refractivity contribution in [1.82, 2.24) is 4.98 Å². The van der Waals surface area contributed by atoms with Crippen molar-refractivity contribution in [3.8, 4) is 0 Å². The van der Waals surface area contributed by atoms with E-state index in [0.29, 0.717) is 12.3 Å². The monoisotopic (exact) mass is 305 g/mol. The number of carbonyl (C=O) groups excluding carboxylic acids is 1. The summed E-state index contributed by atoms with van der Waals surface area (Å²) in [6, 6.07) is 0. The summed E-state index contributed by atoms with van der Waals surface area (Å²) in [6.45, 7) is 2.26. The van der Waals surface area contributed by atoms with Gasteiger partial charge in [-0.05, 0) is 59.9 Å². The van der Waals surface area contributed by atoms with Crippen LogP contribution in [0.2, 0.25) is 0 Å². The summed E-state index contributed by atoms with van der Waals surface area (Å²) in [5.41, 5.74) is 3.16. The van der Waals surface area contributed by atoms with Gasteiger partial charge in [0.1, 0.15) is 5.69 Å². The fourth-order valence-corrected chi connectivity index (χ4v) is 2.76. The minimum absolute atomic E-state index is 0.214. The number of nitrogens with one attached hydrogen (secondary N) is 1. The molecule has 0 unspecified atom stereocenters. The van der Waals surface area contributed by atoms with Gasteiger partial charge in [-0.2, -0.15) is 0 Å². The maximum absolute atomic E-state index is 11.6. The van der Waals surface area contributed by atoms with E-state index in [-0.39, 0.29) is 5.97 Å². The minimum atomic E-state index is -0.214. The van der Waals surface area contributed by atoms with Crippen molar-refractivity contribution in [1.29, 1.82) is 0 Å². The summed E-state index contributed by atoms with van der Waals surface area (Å²) >= 11 is 2.25. The van der Waals surface area contributed by atoms with E-state index in [0.717, 1.165) is 23.0 Å². The Morgan fingerprint density at radius 2 is 2.21 bits per heavy atom. The first kappa shape index (κ1) is 10.0. The number of halogens is 1. The number of H-pyrrole nitrogens is 1. The third-order valence-electron chi connectivity index (χ3n) is 2.50. The second kappa shape index (κ2) is 3.92. The van der Waals surface area contributed by atoms with E-state index in [1.807, 2.05) is 6.92 Å². The molecule has 0 aliphatic heterocycles. The Bertz CT molecular complexity index is 370. The summed E-state index contributed by atoms with van der Waals surface area (Å²) in [7, 11) is 0. The lowest BCUT2D eigenvalue weighted by molar-refractivity contribution is 0.0519. The van der Waals surface area contributed by atoms with E-state index in [1.54, 1.807) is 0 Å². The summed E-state index contributed by atoms with van der Waals surface area (Å²) in [5, 5.41) is 0. The van der Waals surface area contributed by atoms with Crippen LogP contribution in [0.4, 0.5) is 0 Å². The van der Waals surface area contributed by atoms with Gasteiger partial charge < -0.3 is 9.72 Å². The number of fused-ring (bicyclic) bond motifs is 1. The second-order valence-electron chi connectivity index (χ2n) is 3.35. The molecule has 1 aliphatic rings. The molecule has 0 atom stereocenters. The molecule has 0 saturated carbocycles. The molecule has 76 valence electrons. The van der Waals surface area contributed by atoms with Crippen LogP contribution in [0.1, 0.15) is 35.0 Å². The number of hydrogen-bond acceptors (Lipinski definition) is 2. The van der Waals surface area contributed by atoms with Gasteiger partial charge in [-0.25, -0.2) is 4.79 Å². The third kappa shape index (κ3) is 1.55. The van der Waals surface area contributed by atoms with Crippen LogP contribution in [0.3, 0.4) is 0 Å². The van der Waals surface area contributed by atoms with Gasteiger partial charge in [0.05, 0.1) is 10.3 Å². The Morgan fingerprint density at radius 1 is 1.50 bits per heavy atom. The summed E-state index contributed by atoms with van der Waals surface area (Å²) < 4.78 is 6.09. The van der Waals surface area contributed by atoms with E-state index in [1.165, 1.54) is 11.1 Å². The van der Waals surface area contributed by atoms with Crippen LogP contribution in [-0.2, 0) is 17.6 Å². The highest BCUT2D eigenvalue weighted by molar-refractivity contribution is 14.1. The van der Waals surface area contributed by atoms with E-state index in [9.17, 15) is 4.79 Å². The van der Waals surface area contributed by atoms with Crippen molar-refractivity contribution in [2.24, 2.45) is 0 Å². The fraction of sp³-hybridized carbons (Fsp3) is 0.500. The van der Waals surface area contributed by atoms with Crippen LogP contribution < -0.4 is 0 Å².